The summed E-state index contributed by atoms with van der Waals surface area (Å²) in [6, 6.07) is 5.99. The van der Waals surface area contributed by atoms with Gasteiger partial charge in [-0.3, -0.25) is 4.79 Å². The smallest absolute Gasteiger partial charge is 0.280 e. The van der Waals surface area contributed by atoms with Crippen molar-refractivity contribution in [1.82, 2.24) is 9.97 Å². The number of aromatic nitrogens is 2. The second-order valence-corrected chi connectivity index (χ2v) is 4.70. The molecule has 3 heteroatoms. The summed E-state index contributed by atoms with van der Waals surface area (Å²) in [5.41, 5.74) is 1.94. The molecule has 0 bridgehead atoms. The fraction of sp³-hybridized carbons (Fsp3) is 0.429. The Kier molecular flexibility index (Phi) is 3.27. The number of benzene rings is 1. The molecule has 1 heterocycles. The van der Waals surface area contributed by atoms with Crippen LogP contribution in [0.4, 0.5) is 0 Å². The Balaban J connectivity index is 2.60. The van der Waals surface area contributed by atoms with Gasteiger partial charge in [0.15, 0.2) is 0 Å². The Morgan fingerprint density at radius 3 is 2.76 bits per heavy atom. The van der Waals surface area contributed by atoms with Crippen molar-refractivity contribution in [2.45, 2.75) is 39.5 Å². The molecular weight excluding hydrogens is 212 g/mol. The maximum atomic E-state index is 11.9. The number of aryl methyl sites for hydroxylation is 1. The van der Waals surface area contributed by atoms with Crippen molar-refractivity contribution in [3.05, 3.63) is 39.9 Å². The summed E-state index contributed by atoms with van der Waals surface area (Å²) in [5, 5.41) is 0.691. The van der Waals surface area contributed by atoms with Crippen LogP contribution >= 0.6 is 0 Å². The molecular formula is C14H18N2O. The van der Waals surface area contributed by atoms with E-state index in [0.717, 1.165) is 24.2 Å². The summed E-state index contributed by atoms with van der Waals surface area (Å²) >= 11 is 0. The number of hydrogen-bond acceptors (Lipinski definition) is 2. The molecule has 1 aromatic carbocycles. The molecule has 0 aliphatic carbocycles. The minimum Gasteiger partial charge on any atom is -0.343 e. The molecule has 0 atom stereocenters. The number of H-pyrrole nitrogens is 1. The highest BCUT2D eigenvalue weighted by Gasteiger charge is 2.06. The topological polar surface area (TPSA) is 45.8 Å². The van der Waals surface area contributed by atoms with Gasteiger partial charge in [-0.15, -0.1) is 0 Å². The molecule has 0 radical (unpaired) electrons. The normalized spacial score (nSPS) is 11.3. The average molecular weight is 230 g/mol. The Morgan fingerprint density at radius 1 is 1.35 bits per heavy atom. The van der Waals surface area contributed by atoms with E-state index in [4.69, 9.17) is 0 Å². The second kappa shape index (κ2) is 4.70. The summed E-state index contributed by atoms with van der Waals surface area (Å²) in [4.78, 5) is 19.2. The largest absolute Gasteiger partial charge is 0.343 e. The predicted molar refractivity (Wildman–Crippen MR) is 70.4 cm³/mol. The third-order valence-corrected chi connectivity index (χ3v) is 2.94. The number of nitrogens with zero attached hydrogens (tertiary/aromatic N) is 1. The molecule has 2 rings (SSSR count). The van der Waals surface area contributed by atoms with Crippen molar-refractivity contribution < 1.29 is 0 Å². The van der Waals surface area contributed by atoms with Gasteiger partial charge in [-0.1, -0.05) is 26.8 Å². The molecule has 0 aliphatic heterocycles. The highest BCUT2D eigenvalue weighted by molar-refractivity contribution is 5.78. The standard InChI is InChI=1S/C14H18N2O/c1-4-5-13-15-12-7-6-10(9(2)3)8-11(12)14(17)16-13/h6-9H,4-5H2,1-3H3,(H,15,16,17). The first-order valence-corrected chi connectivity index (χ1v) is 6.14. The van der Waals surface area contributed by atoms with Crippen molar-refractivity contribution in [3.63, 3.8) is 0 Å². The first-order chi connectivity index (χ1) is 8.11. The first-order valence-electron chi connectivity index (χ1n) is 6.14. The molecule has 0 amide bonds. The lowest BCUT2D eigenvalue weighted by Crippen LogP contribution is -2.12. The number of nitrogens with one attached hydrogen (secondary N) is 1. The minimum absolute atomic E-state index is 0.121. The van der Waals surface area contributed by atoms with Crippen LogP contribution in [0.3, 0.4) is 0 Å². The minimum atomic E-state index is -0.121. The summed E-state index contributed by atoms with van der Waals surface area (Å²) in [6.07, 6.45) is 1.80. The molecule has 0 fully saturated rings. The van der Waals surface area contributed by atoms with E-state index >= 15 is 0 Å². The quantitative estimate of drug-likeness (QED) is 0.881. The van der Waals surface area contributed by atoms with Crippen LogP contribution in [0, 0.1) is 0 Å². The van der Waals surface area contributed by atoms with E-state index in [9.17, 15) is 4.79 Å². The first kappa shape index (κ1) is 11.8. The maximum Gasteiger partial charge on any atom is 0.280 e. The summed E-state index contributed by atoms with van der Waals surface area (Å²) in [5.74, 6) is 1.21. The van der Waals surface area contributed by atoms with Gasteiger partial charge in [0, 0.05) is 6.42 Å². The third kappa shape index (κ3) is 2.38. The van der Waals surface area contributed by atoms with Gasteiger partial charge >= 0.3 is 0 Å². The molecule has 2 aromatic rings. The second-order valence-electron chi connectivity index (χ2n) is 4.70. The van der Waals surface area contributed by atoms with Crippen LogP contribution in [0.1, 0.15) is 44.5 Å². The molecule has 0 saturated heterocycles. The van der Waals surface area contributed by atoms with Crippen molar-refractivity contribution in [2.24, 2.45) is 0 Å². The summed E-state index contributed by atoms with van der Waals surface area (Å²) < 4.78 is 0. The van der Waals surface area contributed by atoms with Crippen LogP contribution in [-0.4, -0.2) is 9.97 Å². The number of aromatic amines is 1. The summed E-state index contributed by atoms with van der Waals surface area (Å²) in [6.45, 7) is 6.31. The van der Waals surface area contributed by atoms with Crippen molar-refractivity contribution in [1.29, 1.82) is 0 Å². The van der Waals surface area contributed by atoms with Gasteiger partial charge in [0.1, 0.15) is 5.82 Å². The van der Waals surface area contributed by atoms with E-state index in [1.807, 2.05) is 12.1 Å². The van der Waals surface area contributed by atoms with Crippen LogP contribution < -0.4 is 5.56 Å². The predicted octanol–water partition coefficient (Wildman–Crippen LogP) is 3.00. The summed E-state index contributed by atoms with van der Waals surface area (Å²) in [7, 11) is 0. The zero-order chi connectivity index (χ0) is 12.4. The van der Waals surface area contributed by atoms with Gasteiger partial charge in [-0.05, 0) is 30.0 Å². The molecule has 0 unspecified atom stereocenters. The molecule has 17 heavy (non-hydrogen) atoms. The van der Waals surface area contributed by atoms with Gasteiger partial charge in [-0.25, -0.2) is 0 Å². The van der Waals surface area contributed by atoms with Crippen molar-refractivity contribution in [2.75, 3.05) is 0 Å². The van der Waals surface area contributed by atoms with E-state index in [1.165, 1.54) is 5.56 Å². The monoisotopic (exact) mass is 230 g/mol. The fourth-order valence-corrected chi connectivity index (χ4v) is 1.93. The highest BCUT2D eigenvalue weighted by Crippen LogP contribution is 2.18. The maximum absolute atomic E-state index is 11.9. The lowest BCUT2D eigenvalue weighted by molar-refractivity contribution is 0.835. The molecule has 0 spiro atoms. The van der Waals surface area contributed by atoms with Gasteiger partial charge in [0.25, 0.3) is 5.56 Å². The highest BCUT2D eigenvalue weighted by atomic mass is 16.1. The Bertz CT molecular complexity index is 584. The van der Waals surface area contributed by atoms with Gasteiger partial charge in [-0.2, -0.15) is 4.98 Å². The zero-order valence-electron chi connectivity index (χ0n) is 10.6. The SMILES string of the molecule is CCCc1nc(=O)c2cc(C(C)C)ccc2[nH]1. The Hall–Kier alpha value is -1.64. The van der Waals surface area contributed by atoms with Crippen molar-refractivity contribution >= 4 is 10.9 Å². The molecule has 0 saturated carbocycles. The Morgan fingerprint density at radius 2 is 2.12 bits per heavy atom. The molecule has 1 aromatic heterocycles. The van der Waals surface area contributed by atoms with Crippen molar-refractivity contribution in [3.8, 4) is 0 Å². The van der Waals surface area contributed by atoms with E-state index in [2.05, 4.69) is 36.8 Å². The zero-order valence-corrected chi connectivity index (χ0v) is 10.6. The molecule has 90 valence electrons. The van der Waals surface area contributed by atoms with Gasteiger partial charge in [0.2, 0.25) is 0 Å². The van der Waals surface area contributed by atoms with Crippen LogP contribution in [0.5, 0.6) is 0 Å². The lowest BCUT2D eigenvalue weighted by Gasteiger charge is -2.07. The van der Waals surface area contributed by atoms with E-state index in [0.29, 0.717) is 11.3 Å². The van der Waals surface area contributed by atoms with Gasteiger partial charge in [0.05, 0.1) is 10.9 Å². The van der Waals surface area contributed by atoms with E-state index in [1.54, 1.807) is 0 Å². The van der Waals surface area contributed by atoms with Crippen LogP contribution in [-0.2, 0) is 6.42 Å². The fourth-order valence-electron chi connectivity index (χ4n) is 1.93. The third-order valence-electron chi connectivity index (χ3n) is 2.94. The van der Waals surface area contributed by atoms with Crippen LogP contribution in [0.25, 0.3) is 10.9 Å². The number of rotatable bonds is 3. The van der Waals surface area contributed by atoms with Crippen LogP contribution in [0.15, 0.2) is 23.0 Å². The van der Waals surface area contributed by atoms with E-state index in [-0.39, 0.29) is 5.56 Å². The van der Waals surface area contributed by atoms with E-state index < -0.39 is 0 Å². The lowest BCUT2D eigenvalue weighted by atomic mass is 10.0. The molecule has 3 nitrogen and oxygen atoms in total. The van der Waals surface area contributed by atoms with Gasteiger partial charge < -0.3 is 4.98 Å². The van der Waals surface area contributed by atoms with Crippen LogP contribution in [0.2, 0.25) is 0 Å². The number of fused-ring (bicyclic) bond motifs is 1. The average Bonchev–Trinajstić information content (AvgIpc) is 2.29. The Labute approximate surface area is 101 Å². The molecule has 0 aliphatic rings. The molecule has 1 N–H and O–H groups in total. The number of hydrogen-bond donors (Lipinski definition) is 1.